The van der Waals surface area contributed by atoms with Gasteiger partial charge in [-0.1, -0.05) is 33.6 Å². The van der Waals surface area contributed by atoms with Crippen LogP contribution in [0.3, 0.4) is 0 Å². The smallest absolute Gasteiger partial charge is 0.142 e. The number of rotatable bonds is 3. The lowest BCUT2D eigenvalue weighted by atomic mass is 10.2. The van der Waals surface area contributed by atoms with E-state index >= 15 is 0 Å². The van der Waals surface area contributed by atoms with Crippen molar-refractivity contribution in [1.29, 1.82) is 0 Å². The lowest BCUT2D eigenvalue weighted by Gasteiger charge is -2.09. The predicted octanol–water partition coefficient (Wildman–Crippen LogP) is 5.46. The van der Waals surface area contributed by atoms with Crippen molar-refractivity contribution in [1.82, 2.24) is 0 Å². The number of hydrogen-bond donors (Lipinski definition) is 1. The highest BCUT2D eigenvalue weighted by molar-refractivity contribution is 14.1. The van der Waals surface area contributed by atoms with Crippen LogP contribution in [0.2, 0.25) is 5.02 Å². The zero-order chi connectivity index (χ0) is 13.1. The molecule has 0 spiro atoms. The van der Waals surface area contributed by atoms with Gasteiger partial charge in [0.15, 0.2) is 0 Å². The molecule has 5 heteroatoms. The van der Waals surface area contributed by atoms with Crippen LogP contribution in [0.15, 0.2) is 40.9 Å². The summed E-state index contributed by atoms with van der Waals surface area (Å²) in [6, 6.07) is 10.8. The van der Waals surface area contributed by atoms with Gasteiger partial charge in [0.2, 0.25) is 0 Å². The Morgan fingerprint density at radius 3 is 2.72 bits per heavy atom. The zero-order valence-electron chi connectivity index (χ0n) is 9.18. The second-order valence-corrected chi connectivity index (χ2v) is 6.21. The normalized spacial score (nSPS) is 10.4. The first-order valence-electron chi connectivity index (χ1n) is 5.19. The Balaban J connectivity index is 2.11. The third-order valence-electron chi connectivity index (χ3n) is 2.40. The third kappa shape index (κ3) is 3.59. The van der Waals surface area contributed by atoms with Gasteiger partial charge in [-0.15, -0.1) is 0 Å². The van der Waals surface area contributed by atoms with E-state index in [0.29, 0.717) is 6.54 Å². The van der Waals surface area contributed by atoms with Crippen molar-refractivity contribution < 1.29 is 4.39 Å². The highest BCUT2D eigenvalue weighted by Crippen LogP contribution is 2.24. The number of benzene rings is 2. The van der Waals surface area contributed by atoms with Crippen molar-refractivity contribution in [2.45, 2.75) is 6.54 Å². The average molecular weight is 440 g/mol. The van der Waals surface area contributed by atoms with Crippen molar-refractivity contribution in [3.8, 4) is 0 Å². The topological polar surface area (TPSA) is 12.0 Å². The minimum atomic E-state index is -0.389. The molecule has 0 bridgehead atoms. The molecule has 0 radical (unpaired) electrons. The maximum absolute atomic E-state index is 13.3. The van der Waals surface area contributed by atoms with E-state index in [1.807, 2.05) is 24.3 Å². The van der Waals surface area contributed by atoms with Gasteiger partial charge in [-0.2, -0.15) is 0 Å². The Kier molecular flexibility index (Phi) is 4.86. The first kappa shape index (κ1) is 14.1. The van der Waals surface area contributed by atoms with E-state index in [-0.39, 0.29) is 10.8 Å². The van der Waals surface area contributed by atoms with Gasteiger partial charge in [-0.3, -0.25) is 0 Å². The maximum Gasteiger partial charge on any atom is 0.142 e. The largest absolute Gasteiger partial charge is 0.380 e. The Morgan fingerprint density at radius 1 is 1.22 bits per heavy atom. The van der Waals surface area contributed by atoms with E-state index < -0.39 is 0 Å². The summed E-state index contributed by atoms with van der Waals surface area (Å²) in [6.45, 7) is 0.556. The van der Waals surface area contributed by atoms with Gasteiger partial charge in [0.25, 0.3) is 0 Å². The lowest BCUT2D eigenvalue weighted by Crippen LogP contribution is -2.01. The summed E-state index contributed by atoms with van der Waals surface area (Å²) in [5.41, 5.74) is 1.87. The summed E-state index contributed by atoms with van der Waals surface area (Å²) in [7, 11) is 0. The summed E-state index contributed by atoms with van der Waals surface area (Å²) in [5.74, 6) is -0.389. The summed E-state index contributed by atoms with van der Waals surface area (Å²) >= 11 is 11.3. The van der Waals surface area contributed by atoms with Gasteiger partial charge in [-0.25, -0.2) is 4.39 Å². The van der Waals surface area contributed by atoms with Crippen molar-refractivity contribution in [2.24, 2.45) is 0 Å². The van der Waals surface area contributed by atoms with Crippen molar-refractivity contribution in [3.05, 3.63) is 60.8 Å². The number of nitrogens with one attached hydrogen (secondary N) is 1. The van der Waals surface area contributed by atoms with Gasteiger partial charge >= 0.3 is 0 Å². The first-order valence-corrected chi connectivity index (χ1v) is 7.44. The summed E-state index contributed by atoms with van der Waals surface area (Å²) < 4.78 is 15.4. The molecule has 0 saturated heterocycles. The Morgan fingerprint density at radius 2 is 2.00 bits per heavy atom. The maximum atomic E-state index is 13.3. The minimum Gasteiger partial charge on any atom is -0.380 e. The Labute approximate surface area is 132 Å². The average Bonchev–Trinajstić information content (AvgIpc) is 2.34. The quantitative estimate of drug-likeness (QED) is 0.625. The molecule has 2 aromatic rings. The van der Waals surface area contributed by atoms with E-state index in [2.05, 4.69) is 43.8 Å². The fourth-order valence-corrected chi connectivity index (χ4v) is 2.48. The standard InChI is InChI=1S/C13H9BrClFIN/c14-9-2-4-12(17)13(6-9)18-7-8-1-3-10(15)11(16)5-8/h1-6,18H,7H2. The molecule has 0 heterocycles. The molecule has 0 aromatic heterocycles. The van der Waals surface area contributed by atoms with Crippen LogP contribution in [0.1, 0.15) is 5.56 Å². The van der Waals surface area contributed by atoms with Gasteiger partial charge in [0, 0.05) is 20.3 Å². The SMILES string of the molecule is Fc1cc(CNc2cc(Br)ccc2I)ccc1Cl. The van der Waals surface area contributed by atoms with E-state index in [0.717, 1.165) is 19.3 Å². The molecule has 94 valence electrons. The molecule has 0 saturated carbocycles. The van der Waals surface area contributed by atoms with Gasteiger partial charge in [0.05, 0.1) is 5.02 Å². The van der Waals surface area contributed by atoms with Crippen molar-refractivity contribution >= 4 is 55.8 Å². The van der Waals surface area contributed by atoms with Crippen LogP contribution in [-0.4, -0.2) is 0 Å². The fraction of sp³-hybridized carbons (Fsp3) is 0.0769. The van der Waals surface area contributed by atoms with Crippen LogP contribution in [-0.2, 0) is 6.54 Å². The van der Waals surface area contributed by atoms with Gasteiger partial charge < -0.3 is 5.32 Å². The van der Waals surface area contributed by atoms with Crippen LogP contribution in [0.25, 0.3) is 0 Å². The fourth-order valence-electron chi connectivity index (χ4n) is 1.48. The zero-order valence-corrected chi connectivity index (χ0v) is 13.7. The first-order chi connectivity index (χ1) is 8.56. The second-order valence-electron chi connectivity index (χ2n) is 3.73. The molecule has 0 aliphatic heterocycles. The van der Waals surface area contributed by atoms with E-state index in [9.17, 15) is 4.39 Å². The van der Waals surface area contributed by atoms with Gasteiger partial charge in [-0.05, 0) is 58.5 Å². The number of anilines is 1. The van der Waals surface area contributed by atoms with Crippen LogP contribution < -0.4 is 5.32 Å². The molecule has 0 atom stereocenters. The monoisotopic (exact) mass is 439 g/mol. The molecular formula is C13H9BrClFIN. The van der Waals surface area contributed by atoms with Crippen LogP contribution in [0, 0.1) is 9.39 Å². The third-order valence-corrected chi connectivity index (χ3v) is 4.14. The Hall–Kier alpha value is -0.330. The molecule has 0 aliphatic carbocycles. The number of hydrogen-bond acceptors (Lipinski definition) is 1. The molecule has 2 aromatic carbocycles. The summed E-state index contributed by atoms with van der Waals surface area (Å²) in [6.07, 6.45) is 0. The minimum absolute atomic E-state index is 0.149. The lowest BCUT2D eigenvalue weighted by molar-refractivity contribution is 0.626. The molecule has 0 fully saturated rings. The summed E-state index contributed by atoms with van der Waals surface area (Å²) in [4.78, 5) is 0. The van der Waals surface area contributed by atoms with E-state index in [1.54, 1.807) is 6.07 Å². The molecule has 1 N–H and O–H groups in total. The highest BCUT2D eigenvalue weighted by atomic mass is 127. The molecule has 18 heavy (non-hydrogen) atoms. The summed E-state index contributed by atoms with van der Waals surface area (Å²) in [5, 5.41) is 3.42. The number of halogens is 4. The molecule has 0 aliphatic rings. The highest BCUT2D eigenvalue weighted by Gasteiger charge is 2.03. The molecule has 0 amide bonds. The van der Waals surface area contributed by atoms with E-state index in [4.69, 9.17) is 11.6 Å². The molecular weight excluding hydrogens is 431 g/mol. The van der Waals surface area contributed by atoms with Crippen LogP contribution in [0.5, 0.6) is 0 Å². The van der Waals surface area contributed by atoms with Crippen LogP contribution >= 0.6 is 50.1 Å². The van der Waals surface area contributed by atoms with Gasteiger partial charge in [0.1, 0.15) is 5.82 Å². The van der Waals surface area contributed by atoms with Crippen molar-refractivity contribution in [3.63, 3.8) is 0 Å². The van der Waals surface area contributed by atoms with Crippen molar-refractivity contribution in [2.75, 3.05) is 5.32 Å². The van der Waals surface area contributed by atoms with E-state index in [1.165, 1.54) is 6.07 Å². The molecule has 1 nitrogen and oxygen atoms in total. The van der Waals surface area contributed by atoms with Crippen LogP contribution in [0.4, 0.5) is 10.1 Å². The Bertz CT molecular complexity index is 577. The molecule has 2 rings (SSSR count). The molecule has 0 unspecified atom stereocenters. The predicted molar refractivity (Wildman–Crippen MR) is 85.6 cm³/mol. The second kappa shape index (κ2) is 6.21.